The zero-order valence-corrected chi connectivity index (χ0v) is 12.2. The molecule has 20 heavy (non-hydrogen) atoms. The summed E-state index contributed by atoms with van der Waals surface area (Å²) in [6.07, 6.45) is 1.67. The van der Waals surface area contributed by atoms with Gasteiger partial charge in [-0.1, -0.05) is 19.1 Å². The number of amides is 1. The van der Waals surface area contributed by atoms with Gasteiger partial charge in [0.05, 0.1) is 13.2 Å². The molecule has 2 rings (SSSR count). The number of rotatable bonds is 4. The highest BCUT2D eigenvalue weighted by atomic mass is 16.5. The fourth-order valence-electron chi connectivity index (χ4n) is 2.56. The monoisotopic (exact) mass is 277 g/mol. The first-order valence-electron chi connectivity index (χ1n) is 7.20. The van der Waals surface area contributed by atoms with E-state index in [2.05, 4.69) is 6.92 Å². The van der Waals surface area contributed by atoms with Crippen LogP contribution in [0.4, 0.5) is 0 Å². The summed E-state index contributed by atoms with van der Waals surface area (Å²) in [5.41, 5.74) is 1.15. The molecule has 1 aliphatic rings. The predicted molar refractivity (Wildman–Crippen MR) is 77.8 cm³/mol. The van der Waals surface area contributed by atoms with Crippen LogP contribution in [0.15, 0.2) is 24.3 Å². The van der Waals surface area contributed by atoms with E-state index in [-0.39, 0.29) is 17.9 Å². The molecule has 0 bridgehead atoms. The van der Waals surface area contributed by atoms with Gasteiger partial charge in [-0.05, 0) is 36.5 Å². The fraction of sp³-hybridized carbons (Fsp3) is 0.562. The summed E-state index contributed by atoms with van der Waals surface area (Å²) in [6, 6.07) is 7.87. The van der Waals surface area contributed by atoms with Gasteiger partial charge in [0.25, 0.3) is 0 Å². The van der Waals surface area contributed by atoms with Crippen LogP contribution in [0.25, 0.3) is 0 Å². The molecule has 1 heterocycles. The number of methoxy groups -OCH3 is 1. The number of piperidine rings is 1. The number of nitrogens with zero attached hydrogens (tertiary/aromatic N) is 1. The van der Waals surface area contributed by atoms with Crippen molar-refractivity contribution in [3.63, 3.8) is 0 Å². The first-order valence-corrected chi connectivity index (χ1v) is 7.20. The molecule has 110 valence electrons. The SMILES string of the molecule is COc1ccc(C(C)CC(=O)N2CCC(O)CC2)cc1. The van der Waals surface area contributed by atoms with Crippen molar-refractivity contribution in [2.24, 2.45) is 0 Å². The maximum Gasteiger partial charge on any atom is 0.223 e. The average molecular weight is 277 g/mol. The normalized spacial score (nSPS) is 17.9. The number of benzene rings is 1. The molecule has 1 N–H and O–H groups in total. The van der Waals surface area contributed by atoms with E-state index in [9.17, 15) is 9.90 Å². The Morgan fingerprint density at radius 3 is 2.50 bits per heavy atom. The van der Waals surface area contributed by atoms with Crippen LogP contribution in [0.2, 0.25) is 0 Å². The Bertz CT molecular complexity index is 436. The Morgan fingerprint density at radius 2 is 1.95 bits per heavy atom. The van der Waals surface area contributed by atoms with Gasteiger partial charge in [0.15, 0.2) is 0 Å². The maximum absolute atomic E-state index is 12.2. The van der Waals surface area contributed by atoms with Gasteiger partial charge in [0, 0.05) is 19.5 Å². The van der Waals surface area contributed by atoms with E-state index in [1.165, 1.54) is 0 Å². The van der Waals surface area contributed by atoms with E-state index < -0.39 is 0 Å². The lowest BCUT2D eigenvalue weighted by Crippen LogP contribution is -2.40. The summed E-state index contributed by atoms with van der Waals surface area (Å²) in [6.45, 7) is 3.42. The number of aliphatic hydroxyl groups is 1. The first kappa shape index (κ1) is 14.9. The molecule has 1 unspecified atom stereocenters. The van der Waals surface area contributed by atoms with Crippen LogP contribution in [0.3, 0.4) is 0 Å². The Labute approximate surface area is 120 Å². The van der Waals surface area contributed by atoms with Crippen LogP contribution >= 0.6 is 0 Å². The Morgan fingerprint density at radius 1 is 1.35 bits per heavy atom. The number of carbonyl (C=O) groups excluding carboxylic acids is 1. The van der Waals surface area contributed by atoms with E-state index in [1.54, 1.807) is 7.11 Å². The highest BCUT2D eigenvalue weighted by Crippen LogP contribution is 2.23. The standard InChI is InChI=1S/C16H23NO3/c1-12(13-3-5-15(20-2)6-4-13)11-16(19)17-9-7-14(18)8-10-17/h3-6,12,14,18H,7-11H2,1-2H3. The molecular formula is C16H23NO3. The molecule has 0 aromatic heterocycles. The molecule has 0 spiro atoms. The van der Waals surface area contributed by atoms with Crippen LogP contribution < -0.4 is 4.74 Å². The van der Waals surface area contributed by atoms with Gasteiger partial charge < -0.3 is 14.7 Å². The van der Waals surface area contributed by atoms with E-state index in [0.29, 0.717) is 32.4 Å². The van der Waals surface area contributed by atoms with Crippen molar-refractivity contribution >= 4 is 5.91 Å². The van der Waals surface area contributed by atoms with E-state index in [4.69, 9.17) is 4.74 Å². The third kappa shape index (κ3) is 3.73. The number of carbonyl (C=O) groups is 1. The van der Waals surface area contributed by atoms with Gasteiger partial charge in [-0.15, -0.1) is 0 Å². The molecule has 4 heteroatoms. The Hall–Kier alpha value is -1.55. The molecule has 0 aliphatic carbocycles. The molecule has 0 radical (unpaired) electrons. The second-order valence-corrected chi connectivity index (χ2v) is 5.49. The van der Waals surface area contributed by atoms with Crippen LogP contribution in [-0.4, -0.2) is 42.2 Å². The van der Waals surface area contributed by atoms with Gasteiger partial charge in [-0.25, -0.2) is 0 Å². The van der Waals surface area contributed by atoms with Crippen molar-refractivity contribution in [3.05, 3.63) is 29.8 Å². The van der Waals surface area contributed by atoms with Crippen molar-refractivity contribution in [2.75, 3.05) is 20.2 Å². The van der Waals surface area contributed by atoms with Crippen LogP contribution in [0.1, 0.15) is 37.7 Å². The van der Waals surface area contributed by atoms with Crippen molar-refractivity contribution in [3.8, 4) is 5.75 Å². The molecular weight excluding hydrogens is 254 g/mol. The second kappa shape index (κ2) is 6.75. The van der Waals surface area contributed by atoms with Crippen LogP contribution in [-0.2, 0) is 4.79 Å². The summed E-state index contributed by atoms with van der Waals surface area (Å²) < 4.78 is 5.14. The zero-order valence-electron chi connectivity index (χ0n) is 12.2. The predicted octanol–water partition coefficient (Wildman–Crippen LogP) is 2.17. The zero-order chi connectivity index (χ0) is 14.5. The van der Waals surface area contributed by atoms with E-state index in [0.717, 1.165) is 11.3 Å². The summed E-state index contributed by atoms with van der Waals surface area (Å²) in [5, 5.41) is 9.47. The van der Waals surface area contributed by atoms with Gasteiger partial charge in [-0.2, -0.15) is 0 Å². The smallest absolute Gasteiger partial charge is 0.223 e. The molecule has 1 amide bonds. The average Bonchev–Trinajstić information content (AvgIpc) is 2.48. The van der Waals surface area contributed by atoms with Gasteiger partial charge in [0.1, 0.15) is 5.75 Å². The first-order chi connectivity index (χ1) is 9.60. The van der Waals surface area contributed by atoms with Crippen LogP contribution in [0.5, 0.6) is 5.75 Å². The van der Waals surface area contributed by atoms with E-state index in [1.807, 2.05) is 29.2 Å². The maximum atomic E-state index is 12.2. The molecule has 1 aromatic carbocycles. The minimum absolute atomic E-state index is 0.181. The number of hydrogen-bond acceptors (Lipinski definition) is 3. The topological polar surface area (TPSA) is 49.8 Å². The molecule has 1 aromatic rings. The highest BCUT2D eigenvalue weighted by Gasteiger charge is 2.22. The minimum atomic E-state index is -0.238. The number of likely N-dealkylation sites (tertiary alicyclic amines) is 1. The third-order valence-electron chi connectivity index (χ3n) is 3.98. The highest BCUT2D eigenvalue weighted by molar-refractivity contribution is 5.77. The lowest BCUT2D eigenvalue weighted by atomic mass is 9.96. The number of aliphatic hydroxyl groups excluding tert-OH is 1. The third-order valence-corrected chi connectivity index (χ3v) is 3.98. The van der Waals surface area contributed by atoms with Gasteiger partial charge in [0.2, 0.25) is 5.91 Å². The quantitative estimate of drug-likeness (QED) is 0.917. The Kier molecular flexibility index (Phi) is 5.01. The molecule has 1 atom stereocenters. The molecule has 1 saturated heterocycles. The van der Waals surface area contributed by atoms with Crippen molar-refractivity contribution in [1.82, 2.24) is 4.90 Å². The molecule has 0 saturated carbocycles. The second-order valence-electron chi connectivity index (χ2n) is 5.49. The summed E-state index contributed by atoms with van der Waals surface area (Å²) in [4.78, 5) is 14.1. The molecule has 1 fully saturated rings. The van der Waals surface area contributed by atoms with Gasteiger partial charge in [-0.3, -0.25) is 4.79 Å². The lowest BCUT2D eigenvalue weighted by Gasteiger charge is -2.30. The minimum Gasteiger partial charge on any atom is -0.497 e. The summed E-state index contributed by atoms with van der Waals surface area (Å²) in [5.74, 6) is 1.21. The van der Waals surface area contributed by atoms with Crippen molar-refractivity contribution < 1.29 is 14.6 Å². The largest absolute Gasteiger partial charge is 0.497 e. The van der Waals surface area contributed by atoms with E-state index >= 15 is 0 Å². The van der Waals surface area contributed by atoms with Crippen molar-refractivity contribution in [1.29, 1.82) is 0 Å². The Balaban J connectivity index is 1.89. The number of ether oxygens (including phenoxy) is 1. The fourth-order valence-corrected chi connectivity index (χ4v) is 2.56. The molecule has 4 nitrogen and oxygen atoms in total. The molecule has 1 aliphatic heterocycles. The summed E-state index contributed by atoms with van der Waals surface area (Å²) in [7, 11) is 1.65. The summed E-state index contributed by atoms with van der Waals surface area (Å²) >= 11 is 0. The van der Waals surface area contributed by atoms with Gasteiger partial charge >= 0.3 is 0 Å². The lowest BCUT2D eigenvalue weighted by molar-refractivity contribution is -0.133. The van der Waals surface area contributed by atoms with Crippen LogP contribution in [0, 0.1) is 0 Å². The van der Waals surface area contributed by atoms with Crippen molar-refractivity contribution in [2.45, 2.75) is 38.2 Å². The number of hydrogen-bond donors (Lipinski definition) is 1.